The molecule has 92 valence electrons. The number of halogens is 2. The number of benzene rings is 1. The van der Waals surface area contributed by atoms with Crippen molar-refractivity contribution in [2.24, 2.45) is 0 Å². The summed E-state index contributed by atoms with van der Waals surface area (Å²) in [7, 11) is 0. The summed E-state index contributed by atoms with van der Waals surface area (Å²) >= 11 is 9.13. The molecule has 0 atom stereocenters. The van der Waals surface area contributed by atoms with Gasteiger partial charge in [0.15, 0.2) is 0 Å². The molecule has 1 aromatic carbocycles. The van der Waals surface area contributed by atoms with E-state index in [1.807, 2.05) is 0 Å². The van der Waals surface area contributed by atoms with E-state index in [-0.39, 0.29) is 17.4 Å². The normalized spacial score (nSPS) is 10.1. The van der Waals surface area contributed by atoms with Gasteiger partial charge in [0.05, 0.1) is 17.4 Å². The van der Waals surface area contributed by atoms with Gasteiger partial charge in [0, 0.05) is 10.2 Å². The highest BCUT2D eigenvalue weighted by atomic mass is 79.9. The van der Waals surface area contributed by atoms with Crippen LogP contribution in [0.3, 0.4) is 0 Å². The lowest BCUT2D eigenvalue weighted by molar-refractivity contribution is 0.102. The third-order valence-electron chi connectivity index (χ3n) is 2.06. The zero-order chi connectivity index (χ0) is 13.1. The molecule has 0 fully saturated rings. The molecule has 5 nitrogen and oxygen atoms in total. The van der Waals surface area contributed by atoms with Gasteiger partial charge in [-0.05, 0) is 34.1 Å². The fraction of sp³-hybridized carbons (Fsp3) is 0. The highest BCUT2D eigenvalue weighted by molar-refractivity contribution is 9.10. The molecule has 1 amide bonds. The Morgan fingerprint density at radius 1 is 1.39 bits per heavy atom. The van der Waals surface area contributed by atoms with Gasteiger partial charge in [-0.2, -0.15) is 0 Å². The number of carbonyl (C=O) groups excluding carboxylic acids is 1. The molecule has 0 bridgehead atoms. The van der Waals surface area contributed by atoms with Crippen LogP contribution in [0.5, 0.6) is 0 Å². The molecule has 0 aliphatic rings. The van der Waals surface area contributed by atoms with Crippen molar-refractivity contribution in [3.8, 4) is 0 Å². The maximum atomic E-state index is 11.8. The summed E-state index contributed by atoms with van der Waals surface area (Å²) in [4.78, 5) is 19.5. The van der Waals surface area contributed by atoms with E-state index >= 15 is 0 Å². The summed E-state index contributed by atoms with van der Waals surface area (Å²) in [5.41, 5.74) is 6.21. The first-order valence-corrected chi connectivity index (χ1v) is 6.07. The molecular formula is C11H8BrClN4O. The maximum absolute atomic E-state index is 11.8. The fourth-order valence-corrected chi connectivity index (χ4v) is 1.76. The molecule has 2 aromatic rings. The molecule has 0 radical (unpaired) electrons. The predicted molar refractivity (Wildman–Crippen MR) is 73.5 cm³/mol. The zero-order valence-corrected chi connectivity index (χ0v) is 11.4. The molecule has 0 unspecified atom stereocenters. The van der Waals surface area contributed by atoms with E-state index in [9.17, 15) is 4.79 Å². The van der Waals surface area contributed by atoms with Crippen LogP contribution in [0.2, 0.25) is 5.02 Å². The van der Waals surface area contributed by atoms with Crippen molar-refractivity contribution in [2.75, 3.05) is 11.1 Å². The third-order valence-corrected chi connectivity index (χ3v) is 3.28. The second kappa shape index (κ2) is 5.32. The monoisotopic (exact) mass is 326 g/mol. The zero-order valence-electron chi connectivity index (χ0n) is 9.02. The Hall–Kier alpha value is -1.66. The standard InChI is InChI=1S/C11H8BrClN4O/c12-7-3-6(1-2-8(7)13)16-11(18)9-4-15-5-10(14)17-9/h1-5H,(H2,14,17)(H,16,18). The summed E-state index contributed by atoms with van der Waals surface area (Å²) in [6, 6.07) is 5.05. The lowest BCUT2D eigenvalue weighted by atomic mass is 10.3. The first-order chi connectivity index (χ1) is 8.56. The van der Waals surface area contributed by atoms with E-state index in [4.69, 9.17) is 17.3 Å². The van der Waals surface area contributed by atoms with Gasteiger partial charge in [-0.25, -0.2) is 4.98 Å². The predicted octanol–water partition coefficient (Wildman–Crippen LogP) is 2.73. The lowest BCUT2D eigenvalue weighted by Crippen LogP contribution is -2.14. The molecule has 0 aliphatic heterocycles. The van der Waals surface area contributed by atoms with Crippen LogP contribution in [-0.4, -0.2) is 15.9 Å². The van der Waals surface area contributed by atoms with Crippen molar-refractivity contribution >= 4 is 44.9 Å². The second-order valence-corrected chi connectivity index (χ2v) is 4.67. The summed E-state index contributed by atoms with van der Waals surface area (Å²) in [6.45, 7) is 0. The Bertz CT molecular complexity index is 605. The smallest absolute Gasteiger partial charge is 0.275 e. The number of nitrogens with two attached hydrogens (primary N) is 1. The number of aromatic nitrogens is 2. The summed E-state index contributed by atoms with van der Waals surface area (Å²) in [6.07, 6.45) is 2.71. The minimum Gasteiger partial charge on any atom is -0.382 e. The fourth-order valence-electron chi connectivity index (χ4n) is 1.26. The molecule has 1 aromatic heterocycles. The molecule has 1 heterocycles. The number of amides is 1. The van der Waals surface area contributed by atoms with E-state index in [0.717, 1.165) is 0 Å². The van der Waals surface area contributed by atoms with Gasteiger partial charge in [0.25, 0.3) is 5.91 Å². The Morgan fingerprint density at radius 3 is 2.83 bits per heavy atom. The minimum atomic E-state index is -0.385. The van der Waals surface area contributed by atoms with Gasteiger partial charge < -0.3 is 11.1 Å². The SMILES string of the molecule is Nc1cncc(C(=O)Nc2ccc(Cl)c(Br)c2)n1. The van der Waals surface area contributed by atoms with E-state index in [1.165, 1.54) is 12.4 Å². The largest absolute Gasteiger partial charge is 0.382 e. The summed E-state index contributed by atoms with van der Waals surface area (Å²) in [5, 5.41) is 3.23. The number of anilines is 2. The average molecular weight is 328 g/mol. The van der Waals surface area contributed by atoms with Gasteiger partial charge in [0.2, 0.25) is 0 Å². The van der Waals surface area contributed by atoms with Crippen LogP contribution in [0, 0.1) is 0 Å². The van der Waals surface area contributed by atoms with Crippen molar-refractivity contribution in [3.63, 3.8) is 0 Å². The van der Waals surface area contributed by atoms with E-state index in [1.54, 1.807) is 18.2 Å². The van der Waals surface area contributed by atoms with Crippen molar-refractivity contribution in [2.45, 2.75) is 0 Å². The summed E-state index contributed by atoms with van der Waals surface area (Å²) in [5.74, 6) is -0.191. The van der Waals surface area contributed by atoms with Gasteiger partial charge in [-0.1, -0.05) is 11.6 Å². The number of nitrogen functional groups attached to an aromatic ring is 1. The number of nitrogens with zero attached hydrogens (tertiary/aromatic N) is 2. The van der Waals surface area contributed by atoms with E-state index in [2.05, 4.69) is 31.2 Å². The van der Waals surface area contributed by atoms with Crippen LogP contribution in [0.25, 0.3) is 0 Å². The van der Waals surface area contributed by atoms with Gasteiger partial charge in [-0.3, -0.25) is 9.78 Å². The van der Waals surface area contributed by atoms with E-state index < -0.39 is 0 Å². The number of hydrogen-bond donors (Lipinski definition) is 2. The topological polar surface area (TPSA) is 80.9 Å². The van der Waals surface area contributed by atoms with E-state index in [0.29, 0.717) is 15.2 Å². The number of hydrogen-bond acceptors (Lipinski definition) is 4. The van der Waals surface area contributed by atoms with Crippen LogP contribution in [-0.2, 0) is 0 Å². The first kappa shape index (κ1) is 12.8. The quantitative estimate of drug-likeness (QED) is 0.888. The van der Waals surface area contributed by atoms with Crippen LogP contribution in [0.4, 0.5) is 11.5 Å². The van der Waals surface area contributed by atoms with Crippen molar-refractivity contribution in [3.05, 3.63) is 45.8 Å². The number of rotatable bonds is 2. The highest BCUT2D eigenvalue weighted by Crippen LogP contribution is 2.25. The third kappa shape index (κ3) is 2.96. The van der Waals surface area contributed by atoms with Gasteiger partial charge in [0.1, 0.15) is 11.5 Å². The number of nitrogens with one attached hydrogen (secondary N) is 1. The molecule has 0 aliphatic carbocycles. The van der Waals surface area contributed by atoms with Crippen molar-refractivity contribution in [1.82, 2.24) is 9.97 Å². The molecular weight excluding hydrogens is 320 g/mol. The molecule has 0 saturated heterocycles. The molecule has 7 heteroatoms. The lowest BCUT2D eigenvalue weighted by Gasteiger charge is -2.06. The minimum absolute atomic E-state index is 0.154. The molecule has 18 heavy (non-hydrogen) atoms. The van der Waals surface area contributed by atoms with Crippen LogP contribution in [0.15, 0.2) is 35.1 Å². The Kier molecular flexibility index (Phi) is 3.78. The first-order valence-electron chi connectivity index (χ1n) is 4.90. The number of carbonyl (C=O) groups is 1. The summed E-state index contributed by atoms with van der Waals surface area (Å²) < 4.78 is 0.695. The average Bonchev–Trinajstić information content (AvgIpc) is 2.34. The molecule has 2 rings (SSSR count). The molecule has 3 N–H and O–H groups in total. The van der Waals surface area contributed by atoms with Crippen molar-refractivity contribution < 1.29 is 4.79 Å². The maximum Gasteiger partial charge on any atom is 0.275 e. The van der Waals surface area contributed by atoms with Crippen LogP contribution >= 0.6 is 27.5 Å². The molecule has 0 spiro atoms. The Balaban J connectivity index is 2.18. The van der Waals surface area contributed by atoms with Crippen LogP contribution < -0.4 is 11.1 Å². The van der Waals surface area contributed by atoms with Crippen molar-refractivity contribution in [1.29, 1.82) is 0 Å². The second-order valence-electron chi connectivity index (χ2n) is 3.41. The van der Waals surface area contributed by atoms with Crippen LogP contribution in [0.1, 0.15) is 10.5 Å². The molecule has 0 saturated carbocycles. The Morgan fingerprint density at radius 2 is 2.17 bits per heavy atom. The highest BCUT2D eigenvalue weighted by Gasteiger charge is 2.09. The van der Waals surface area contributed by atoms with Gasteiger partial charge >= 0.3 is 0 Å². The Labute approximate surface area is 117 Å². The van der Waals surface area contributed by atoms with Gasteiger partial charge in [-0.15, -0.1) is 0 Å².